The van der Waals surface area contributed by atoms with Crippen molar-refractivity contribution in [1.29, 1.82) is 0 Å². The van der Waals surface area contributed by atoms with Crippen LogP contribution in [-0.4, -0.2) is 37.0 Å². The Bertz CT molecular complexity index is 1370. The molecule has 0 N–H and O–H groups in total. The number of carbonyl (C=O) groups excluding carboxylic acids is 2. The Morgan fingerprint density at radius 2 is 1.73 bits per heavy atom. The lowest BCUT2D eigenvalue weighted by Crippen LogP contribution is -2.40. The van der Waals surface area contributed by atoms with Crippen LogP contribution in [0, 0.1) is 18.8 Å². The molecule has 33 heavy (non-hydrogen) atoms. The molecule has 0 spiro atoms. The van der Waals surface area contributed by atoms with Gasteiger partial charge in [0.15, 0.2) is 5.76 Å². The van der Waals surface area contributed by atoms with E-state index < -0.39 is 0 Å². The van der Waals surface area contributed by atoms with Crippen LogP contribution >= 0.6 is 0 Å². The van der Waals surface area contributed by atoms with Gasteiger partial charge >= 0.3 is 0 Å². The summed E-state index contributed by atoms with van der Waals surface area (Å²) in [4.78, 5) is 40.3. The minimum absolute atomic E-state index is 0.000692. The molecule has 2 saturated carbocycles. The van der Waals surface area contributed by atoms with E-state index in [-0.39, 0.29) is 29.6 Å². The average molecular weight is 440 g/mol. The van der Waals surface area contributed by atoms with Gasteiger partial charge < -0.3 is 4.42 Å². The summed E-state index contributed by atoms with van der Waals surface area (Å²) in [6.07, 6.45) is 6.20. The van der Waals surface area contributed by atoms with Crippen LogP contribution in [0.2, 0.25) is 0 Å². The molecule has 2 aliphatic carbocycles. The quantitative estimate of drug-likeness (QED) is 0.431. The molecule has 0 radical (unpaired) electrons. The van der Waals surface area contributed by atoms with Gasteiger partial charge in [0.1, 0.15) is 17.7 Å². The second-order valence-electron chi connectivity index (χ2n) is 8.54. The van der Waals surface area contributed by atoms with Crippen molar-refractivity contribution in [2.24, 2.45) is 11.8 Å². The maximum absolute atomic E-state index is 13.0. The fraction of sp³-hybridized carbons (Fsp3) is 0.292. The Labute approximate surface area is 188 Å². The van der Waals surface area contributed by atoms with Crippen LogP contribution in [-0.2, 0) is 9.59 Å². The number of carbonyl (C=O) groups is 2. The van der Waals surface area contributed by atoms with Gasteiger partial charge in [0, 0.05) is 28.5 Å². The summed E-state index contributed by atoms with van der Waals surface area (Å²) in [7, 11) is 0. The SMILES string of the molecule is Cc1ncnc2ccc(-c3nnc(N(C(=O)C4CC4)C(=O)C4CC4)nc3-c3ccco3)cc12. The fourth-order valence-electron chi connectivity index (χ4n) is 3.86. The number of aromatic nitrogens is 5. The van der Waals surface area contributed by atoms with E-state index in [1.54, 1.807) is 18.4 Å². The van der Waals surface area contributed by atoms with Gasteiger partial charge in [0.2, 0.25) is 11.8 Å². The van der Waals surface area contributed by atoms with Gasteiger partial charge in [0.25, 0.3) is 5.95 Å². The minimum Gasteiger partial charge on any atom is -0.463 e. The van der Waals surface area contributed by atoms with Crippen molar-refractivity contribution in [3.05, 3.63) is 48.6 Å². The number of imide groups is 1. The summed E-state index contributed by atoms with van der Waals surface area (Å²) in [6, 6.07) is 9.23. The van der Waals surface area contributed by atoms with E-state index >= 15 is 0 Å². The molecule has 4 aromatic rings. The van der Waals surface area contributed by atoms with Crippen molar-refractivity contribution in [3.8, 4) is 22.7 Å². The van der Waals surface area contributed by atoms with E-state index in [2.05, 4.69) is 25.1 Å². The lowest BCUT2D eigenvalue weighted by Gasteiger charge is -2.19. The number of furan rings is 1. The maximum atomic E-state index is 13.0. The van der Waals surface area contributed by atoms with Gasteiger partial charge in [-0.05, 0) is 56.9 Å². The molecule has 3 aromatic heterocycles. The first-order valence-electron chi connectivity index (χ1n) is 11.0. The lowest BCUT2D eigenvalue weighted by atomic mass is 10.0. The van der Waals surface area contributed by atoms with Gasteiger partial charge in [-0.15, -0.1) is 10.2 Å². The molecule has 9 heteroatoms. The van der Waals surface area contributed by atoms with Crippen LogP contribution in [0.15, 0.2) is 47.3 Å². The Morgan fingerprint density at radius 1 is 0.970 bits per heavy atom. The maximum Gasteiger partial charge on any atom is 0.259 e. The van der Waals surface area contributed by atoms with Gasteiger partial charge in [-0.2, -0.15) is 0 Å². The standard InChI is InChI=1S/C24H20N6O3/c1-13-17-11-16(8-9-18(17)26-12-25-13)20-21(19-3-2-10-33-19)27-24(29-28-20)30(22(31)14-4-5-14)23(32)15-6-7-15/h2-3,8-12,14-15H,4-7H2,1H3. The number of benzene rings is 1. The molecule has 164 valence electrons. The third-order valence-electron chi connectivity index (χ3n) is 6.03. The van der Waals surface area contributed by atoms with Crippen LogP contribution in [0.1, 0.15) is 31.4 Å². The molecular weight excluding hydrogens is 420 g/mol. The molecule has 2 amide bonds. The highest BCUT2D eigenvalue weighted by molar-refractivity contribution is 6.16. The third-order valence-corrected chi connectivity index (χ3v) is 6.03. The number of anilines is 1. The van der Waals surface area contributed by atoms with Crippen LogP contribution in [0.5, 0.6) is 0 Å². The molecule has 6 rings (SSSR count). The Kier molecular flexibility index (Phi) is 4.49. The largest absolute Gasteiger partial charge is 0.463 e. The van der Waals surface area contributed by atoms with Crippen molar-refractivity contribution in [2.75, 3.05) is 4.90 Å². The number of aryl methyl sites for hydroxylation is 1. The van der Waals surface area contributed by atoms with Gasteiger partial charge in [0.05, 0.1) is 11.8 Å². The molecule has 0 aliphatic heterocycles. The highest BCUT2D eigenvalue weighted by Crippen LogP contribution is 2.38. The van der Waals surface area contributed by atoms with Crippen molar-refractivity contribution in [3.63, 3.8) is 0 Å². The summed E-state index contributed by atoms with van der Waals surface area (Å²) in [5, 5.41) is 9.56. The first-order valence-corrected chi connectivity index (χ1v) is 11.0. The van der Waals surface area contributed by atoms with Gasteiger partial charge in [-0.1, -0.05) is 6.07 Å². The first kappa shape index (κ1) is 19.7. The summed E-state index contributed by atoms with van der Waals surface area (Å²) in [6.45, 7) is 1.92. The summed E-state index contributed by atoms with van der Waals surface area (Å²) in [5.74, 6) is -0.312. The number of nitrogens with zero attached hydrogens (tertiary/aromatic N) is 6. The second kappa shape index (κ2) is 7.54. The van der Waals surface area contributed by atoms with E-state index in [0.717, 1.165) is 52.7 Å². The highest BCUT2D eigenvalue weighted by atomic mass is 16.3. The zero-order chi connectivity index (χ0) is 22.5. The summed E-state index contributed by atoms with van der Waals surface area (Å²) in [5.41, 5.74) is 3.31. The van der Waals surface area contributed by atoms with Crippen LogP contribution in [0.4, 0.5) is 5.95 Å². The molecular formula is C24H20N6O3. The highest BCUT2D eigenvalue weighted by Gasteiger charge is 2.43. The van der Waals surface area contributed by atoms with Gasteiger partial charge in [-0.3, -0.25) is 9.59 Å². The van der Waals surface area contributed by atoms with Crippen molar-refractivity contribution in [1.82, 2.24) is 25.1 Å². The number of hydrogen-bond acceptors (Lipinski definition) is 8. The van der Waals surface area contributed by atoms with E-state index in [9.17, 15) is 9.59 Å². The molecule has 0 bridgehead atoms. The fourth-order valence-corrected chi connectivity index (χ4v) is 3.86. The number of hydrogen-bond donors (Lipinski definition) is 0. The van der Waals surface area contributed by atoms with Crippen molar-refractivity contribution < 1.29 is 14.0 Å². The number of fused-ring (bicyclic) bond motifs is 1. The molecule has 0 atom stereocenters. The second-order valence-corrected chi connectivity index (χ2v) is 8.54. The topological polar surface area (TPSA) is 115 Å². The van der Waals surface area contributed by atoms with E-state index in [1.165, 1.54) is 6.33 Å². The predicted octanol–water partition coefficient (Wildman–Crippen LogP) is 3.73. The van der Waals surface area contributed by atoms with E-state index in [4.69, 9.17) is 4.42 Å². The lowest BCUT2D eigenvalue weighted by molar-refractivity contribution is -0.128. The molecule has 2 aliphatic rings. The zero-order valence-electron chi connectivity index (χ0n) is 17.9. The van der Waals surface area contributed by atoms with Crippen molar-refractivity contribution in [2.45, 2.75) is 32.6 Å². The zero-order valence-corrected chi connectivity index (χ0v) is 17.9. The van der Waals surface area contributed by atoms with Crippen LogP contribution in [0.25, 0.3) is 33.6 Å². The van der Waals surface area contributed by atoms with Gasteiger partial charge in [-0.25, -0.2) is 19.9 Å². The monoisotopic (exact) mass is 440 g/mol. The molecule has 3 heterocycles. The predicted molar refractivity (Wildman–Crippen MR) is 119 cm³/mol. The van der Waals surface area contributed by atoms with E-state index in [1.807, 2.05) is 25.1 Å². The Hall–Kier alpha value is -4.01. The normalized spacial score (nSPS) is 15.5. The number of amides is 2. The average Bonchev–Trinajstić information content (AvgIpc) is 3.77. The van der Waals surface area contributed by atoms with Crippen LogP contribution in [0.3, 0.4) is 0 Å². The van der Waals surface area contributed by atoms with Crippen LogP contribution < -0.4 is 4.90 Å². The third kappa shape index (κ3) is 3.55. The molecule has 0 saturated heterocycles. The first-order chi connectivity index (χ1) is 16.1. The summed E-state index contributed by atoms with van der Waals surface area (Å²) < 4.78 is 5.62. The van der Waals surface area contributed by atoms with E-state index in [0.29, 0.717) is 17.1 Å². The van der Waals surface area contributed by atoms with Crippen molar-refractivity contribution >= 4 is 28.7 Å². The minimum atomic E-state index is -0.245. The molecule has 1 aromatic carbocycles. The molecule has 0 unspecified atom stereocenters. The molecule has 2 fully saturated rings. The molecule has 9 nitrogen and oxygen atoms in total. The Morgan fingerprint density at radius 3 is 2.39 bits per heavy atom. The summed E-state index contributed by atoms with van der Waals surface area (Å²) >= 11 is 0. The number of rotatable bonds is 5. The Balaban J connectivity index is 1.50. The smallest absolute Gasteiger partial charge is 0.259 e.